The van der Waals surface area contributed by atoms with Crippen molar-refractivity contribution in [1.82, 2.24) is 4.90 Å². The maximum absolute atomic E-state index is 12.6. The maximum atomic E-state index is 12.6. The van der Waals surface area contributed by atoms with Crippen molar-refractivity contribution in [3.8, 4) is 0 Å². The minimum Gasteiger partial charge on any atom is -0.332 e. The van der Waals surface area contributed by atoms with Crippen LogP contribution in [0, 0.1) is 6.92 Å². The predicted molar refractivity (Wildman–Crippen MR) is 124 cm³/mol. The summed E-state index contributed by atoms with van der Waals surface area (Å²) in [6.07, 6.45) is 4.41. The van der Waals surface area contributed by atoms with Gasteiger partial charge in [0.05, 0.1) is 13.1 Å². The van der Waals surface area contributed by atoms with Gasteiger partial charge in [0.15, 0.2) is 6.54 Å². The fourth-order valence-corrected chi connectivity index (χ4v) is 3.75. The number of benzene rings is 2. The SMILES string of the molecule is Cc1ccc(NC(=O)CN(C)C(=O)C[NH+]2CC[NH+](C/C=C/c3ccccc3)CC2)cc1. The van der Waals surface area contributed by atoms with E-state index in [-0.39, 0.29) is 18.4 Å². The second kappa shape index (κ2) is 11.4. The predicted octanol–water partition coefficient (Wildman–Crippen LogP) is -0.111. The highest BCUT2D eigenvalue weighted by atomic mass is 16.2. The van der Waals surface area contributed by atoms with Crippen molar-refractivity contribution in [2.45, 2.75) is 6.92 Å². The van der Waals surface area contributed by atoms with Gasteiger partial charge in [0.25, 0.3) is 5.91 Å². The summed E-state index contributed by atoms with van der Waals surface area (Å²) in [5.41, 5.74) is 3.12. The van der Waals surface area contributed by atoms with Gasteiger partial charge in [-0.15, -0.1) is 0 Å². The molecule has 6 nitrogen and oxygen atoms in total. The molecule has 6 heteroatoms. The Kier molecular flexibility index (Phi) is 8.38. The minimum absolute atomic E-state index is 0.0153. The van der Waals surface area contributed by atoms with E-state index in [1.54, 1.807) is 11.9 Å². The molecule has 2 aromatic carbocycles. The van der Waals surface area contributed by atoms with Crippen LogP contribution in [0.2, 0.25) is 0 Å². The third kappa shape index (κ3) is 7.66. The van der Waals surface area contributed by atoms with E-state index in [0.29, 0.717) is 6.54 Å². The average molecular weight is 423 g/mol. The first-order chi connectivity index (χ1) is 15.0. The molecule has 1 heterocycles. The van der Waals surface area contributed by atoms with Crippen LogP contribution in [-0.4, -0.2) is 69.6 Å². The molecule has 0 radical (unpaired) electrons. The summed E-state index contributed by atoms with van der Waals surface area (Å²) in [6.45, 7) is 7.59. The molecule has 0 aliphatic carbocycles. The van der Waals surface area contributed by atoms with Gasteiger partial charge in [-0.1, -0.05) is 54.1 Å². The molecule has 31 heavy (non-hydrogen) atoms. The molecule has 2 aromatic rings. The van der Waals surface area contributed by atoms with Crippen LogP contribution in [0.3, 0.4) is 0 Å². The Labute approximate surface area is 185 Å². The molecule has 1 aliphatic heterocycles. The Morgan fingerprint density at radius 3 is 2.29 bits per heavy atom. The van der Waals surface area contributed by atoms with Crippen LogP contribution < -0.4 is 15.1 Å². The first-order valence-electron chi connectivity index (χ1n) is 11.0. The number of amides is 2. The zero-order valence-corrected chi connectivity index (χ0v) is 18.6. The van der Waals surface area contributed by atoms with Gasteiger partial charge in [-0.3, -0.25) is 9.59 Å². The van der Waals surface area contributed by atoms with E-state index in [4.69, 9.17) is 0 Å². The van der Waals surface area contributed by atoms with Gasteiger partial charge in [-0.25, -0.2) is 0 Å². The van der Waals surface area contributed by atoms with Crippen molar-refractivity contribution >= 4 is 23.6 Å². The maximum Gasteiger partial charge on any atom is 0.277 e. The molecule has 0 atom stereocenters. The zero-order valence-electron chi connectivity index (χ0n) is 18.6. The number of anilines is 1. The minimum atomic E-state index is -0.172. The summed E-state index contributed by atoms with van der Waals surface area (Å²) < 4.78 is 0. The normalized spacial score (nSPS) is 18.6. The van der Waals surface area contributed by atoms with Gasteiger partial charge < -0.3 is 20.0 Å². The van der Waals surface area contributed by atoms with Crippen molar-refractivity contribution in [2.24, 2.45) is 0 Å². The molecule has 1 saturated heterocycles. The standard InChI is InChI=1S/C25H32N4O2/c1-21-10-12-23(13-11-21)26-24(30)19-27(2)25(31)20-29-17-15-28(16-18-29)14-6-9-22-7-4-3-5-8-22/h3-13H,14-20H2,1-2H3,(H,26,30)/p+2/b9-6+. The molecular weight excluding hydrogens is 388 g/mol. The second-order valence-corrected chi connectivity index (χ2v) is 8.36. The van der Waals surface area contributed by atoms with Crippen LogP contribution in [0.4, 0.5) is 5.69 Å². The largest absolute Gasteiger partial charge is 0.332 e. The fraction of sp³-hybridized carbons (Fsp3) is 0.360. The highest BCUT2D eigenvalue weighted by Gasteiger charge is 2.25. The molecule has 2 amide bonds. The number of quaternary nitrogens is 2. The molecule has 0 aromatic heterocycles. The van der Waals surface area contributed by atoms with Crippen LogP contribution >= 0.6 is 0 Å². The third-order valence-electron chi connectivity index (χ3n) is 5.72. The molecule has 3 rings (SSSR count). The van der Waals surface area contributed by atoms with Crippen LogP contribution in [0.15, 0.2) is 60.7 Å². The van der Waals surface area contributed by atoms with E-state index in [1.807, 2.05) is 37.3 Å². The van der Waals surface area contributed by atoms with Gasteiger partial charge in [0.1, 0.15) is 26.2 Å². The molecular formula is C25H34N4O2+2. The van der Waals surface area contributed by atoms with Crippen molar-refractivity contribution in [3.63, 3.8) is 0 Å². The summed E-state index contributed by atoms with van der Waals surface area (Å²) in [7, 11) is 1.70. The highest BCUT2D eigenvalue weighted by Crippen LogP contribution is 2.08. The van der Waals surface area contributed by atoms with Gasteiger partial charge in [0, 0.05) is 12.7 Å². The number of hydrogen-bond acceptors (Lipinski definition) is 2. The molecule has 0 bridgehead atoms. The van der Waals surface area contributed by atoms with Gasteiger partial charge >= 0.3 is 0 Å². The first kappa shape index (κ1) is 22.7. The Bertz CT molecular complexity index is 872. The Hall–Kier alpha value is -2.96. The van der Waals surface area contributed by atoms with E-state index in [2.05, 4.69) is 41.7 Å². The summed E-state index contributed by atoms with van der Waals surface area (Å²) in [6, 6.07) is 18.0. The Morgan fingerprint density at radius 1 is 0.968 bits per heavy atom. The Balaban J connectivity index is 1.35. The molecule has 3 N–H and O–H groups in total. The van der Waals surface area contributed by atoms with Crippen LogP contribution in [0.25, 0.3) is 6.08 Å². The summed E-state index contributed by atoms with van der Waals surface area (Å²) in [4.78, 5) is 29.2. The second-order valence-electron chi connectivity index (χ2n) is 8.36. The lowest BCUT2D eigenvalue weighted by Gasteiger charge is -2.29. The number of piperazine rings is 1. The smallest absolute Gasteiger partial charge is 0.277 e. The van der Waals surface area contributed by atoms with Gasteiger partial charge in [-0.05, 0) is 30.7 Å². The first-order valence-corrected chi connectivity index (χ1v) is 11.0. The van der Waals surface area contributed by atoms with E-state index < -0.39 is 0 Å². The number of nitrogens with zero attached hydrogens (tertiary/aromatic N) is 1. The number of hydrogen-bond donors (Lipinski definition) is 3. The number of likely N-dealkylation sites (N-methyl/N-ethyl adjacent to an activating group) is 1. The molecule has 1 fully saturated rings. The highest BCUT2D eigenvalue weighted by molar-refractivity contribution is 5.94. The molecule has 0 spiro atoms. The molecule has 0 saturated carbocycles. The Morgan fingerprint density at radius 2 is 1.61 bits per heavy atom. The van der Waals surface area contributed by atoms with E-state index >= 15 is 0 Å². The lowest BCUT2D eigenvalue weighted by atomic mass is 10.2. The lowest BCUT2D eigenvalue weighted by Crippen LogP contribution is -3.28. The number of nitrogens with one attached hydrogen (secondary N) is 3. The van der Waals surface area contributed by atoms with Crippen molar-refractivity contribution in [3.05, 3.63) is 71.8 Å². The number of aryl methyl sites for hydroxylation is 1. The number of rotatable bonds is 8. The number of carbonyl (C=O) groups is 2. The summed E-state index contributed by atoms with van der Waals surface area (Å²) in [5, 5.41) is 2.85. The molecule has 164 valence electrons. The fourth-order valence-electron chi connectivity index (χ4n) is 3.75. The van der Waals surface area contributed by atoms with Crippen molar-refractivity contribution < 1.29 is 19.4 Å². The van der Waals surface area contributed by atoms with Crippen LogP contribution in [-0.2, 0) is 9.59 Å². The van der Waals surface area contributed by atoms with E-state index in [9.17, 15) is 9.59 Å². The molecule has 1 aliphatic rings. The summed E-state index contributed by atoms with van der Waals surface area (Å²) in [5.74, 6) is -0.157. The quantitative estimate of drug-likeness (QED) is 0.556. The third-order valence-corrected chi connectivity index (χ3v) is 5.72. The lowest BCUT2D eigenvalue weighted by molar-refractivity contribution is -1.01. The van der Waals surface area contributed by atoms with E-state index in [1.165, 1.54) is 15.4 Å². The average Bonchev–Trinajstić information content (AvgIpc) is 2.77. The van der Waals surface area contributed by atoms with Crippen LogP contribution in [0.1, 0.15) is 11.1 Å². The van der Waals surface area contributed by atoms with Gasteiger partial charge in [0.2, 0.25) is 5.91 Å². The van der Waals surface area contributed by atoms with Crippen molar-refractivity contribution in [1.29, 1.82) is 0 Å². The van der Waals surface area contributed by atoms with Crippen LogP contribution in [0.5, 0.6) is 0 Å². The van der Waals surface area contributed by atoms with E-state index in [0.717, 1.165) is 44.0 Å². The molecule has 0 unspecified atom stereocenters. The monoisotopic (exact) mass is 422 g/mol. The van der Waals surface area contributed by atoms with Crippen molar-refractivity contribution in [2.75, 3.05) is 58.2 Å². The topological polar surface area (TPSA) is 58.3 Å². The summed E-state index contributed by atoms with van der Waals surface area (Å²) >= 11 is 0. The zero-order chi connectivity index (χ0) is 22.1. The number of carbonyl (C=O) groups excluding carboxylic acids is 2. The van der Waals surface area contributed by atoms with Gasteiger partial charge in [-0.2, -0.15) is 0 Å².